The van der Waals surface area contributed by atoms with E-state index >= 15 is 0 Å². The molecular formula is C11H9N3O2S. The summed E-state index contributed by atoms with van der Waals surface area (Å²) in [5.74, 6) is -0.220. The Labute approximate surface area is 101 Å². The minimum absolute atomic E-state index is 0.0690. The summed E-state index contributed by atoms with van der Waals surface area (Å²) in [5.41, 5.74) is 3.42. The fraction of sp³-hybridized carbons (Fsp3) is 0.182. The lowest BCUT2D eigenvalue weighted by Gasteiger charge is -2.26. The first kappa shape index (κ1) is 10.2. The standard InChI is InChI=1S/C11H9N3O2S/c15-10-5-14(11(16)4-12-10)7-1-2-8-9(3-7)17-6-13-8/h1-3,6H,4-5H2,(H,12,15). The molecule has 1 aromatic heterocycles. The van der Waals surface area contributed by atoms with Crippen molar-refractivity contribution in [3.05, 3.63) is 23.7 Å². The summed E-state index contributed by atoms with van der Waals surface area (Å²) in [6.07, 6.45) is 0. The third-order valence-electron chi connectivity index (χ3n) is 2.67. The summed E-state index contributed by atoms with van der Waals surface area (Å²) >= 11 is 1.52. The zero-order chi connectivity index (χ0) is 11.8. The Balaban J connectivity index is 2.01. The molecule has 0 radical (unpaired) electrons. The first-order valence-corrected chi connectivity index (χ1v) is 6.02. The SMILES string of the molecule is O=C1CN(c2ccc3ncsc3c2)C(=O)CN1. The van der Waals surface area contributed by atoms with Gasteiger partial charge in [0.2, 0.25) is 11.8 Å². The van der Waals surface area contributed by atoms with Crippen molar-refractivity contribution in [3.63, 3.8) is 0 Å². The summed E-state index contributed by atoms with van der Waals surface area (Å²) in [6.45, 7) is 0.155. The van der Waals surface area contributed by atoms with Crippen LogP contribution in [0.2, 0.25) is 0 Å². The molecule has 1 fully saturated rings. The van der Waals surface area contributed by atoms with Gasteiger partial charge >= 0.3 is 0 Å². The van der Waals surface area contributed by atoms with Gasteiger partial charge in [-0.25, -0.2) is 4.98 Å². The van der Waals surface area contributed by atoms with Crippen molar-refractivity contribution in [1.82, 2.24) is 10.3 Å². The first-order chi connectivity index (χ1) is 8.24. The van der Waals surface area contributed by atoms with Crippen LogP contribution in [0.25, 0.3) is 10.2 Å². The Morgan fingerprint density at radius 1 is 1.35 bits per heavy atom. The van der Waals surface area contributed by atoms with Gasteiger partial charge in [0.05, 0.1) is 22.3 Å². The molecule has 0 bridgehead atoms. The molecule has 0 unspecified atom stereocenters. The zero-order valence-corrected chi connectivity index (χ0v) is 9.66. The number of hydrogen-bond donors (Lipinski definition) is 1. The molecule has 0 aliphatic carbocycles. The summed E-state index contributed by atoms with van der Waals surface area (Å²) < 4.78 is 1.02. The fourth-order valence-corrected chi connectivity index (χ4v) is 2.51. The van der Waals surface area contributed by atoms with E-state index < -0.39 is 0 Å². The number of hydrogen-bond acceptors (Lipinski definition) is 4. The van der Waals surface area contributed by atoms with Crippen molar-refractivity contribution in [2.24, 2.45) is 0 Å². The fourth-order valence-electron chi connectivity index (χ4n) is 1.80. The Morgan fingerprint density at radius 3 is 3.12 bits per heavy atom. The second-order valence-electron chi connectivity index (χ2n) is 3.76. The predicted molar refractivity (Wildman–Crippen MR) is 65.0 cm³/mol. The number of nitrogens with zero attached hydrogens (tertiary/aromatic N) is 2. The topological polar surface area (TPSA) is 62.3 Å². The molecule has 1 aliphatic heterocycles. The molecule has 6 heteroatoms. The van der Waals surface area contributed by atoms with Crippen LogP contribution in [-0.2, 0) is 9.59 Å². The van der Waals surface area contributed by atoms with Crippen molar-refractivity contribution < 1.29 is 9.59 Å². The maximum atomic E-state index is 11.7. The molecular weight excluding hydrogens is 238 g/mol. The molecule has 0 saturated carbocycles. The highest BCUT2D eigenvalue weighted by Gasteiger charge is 2.24. The van der Waals surface area contributed by atoms with Gasteiger partial charge in [-0.3, -0.25) is 9.59 Å². The van der Waals surface area contributed by atoms with Gasteiger partial charge in [-0.1, -0.05) is 0 Å². The quantitative estimate of drug-likeness (QED) is 0.809. The minimum Gasteiger partial charge on any atom is -0.345 e. The van der Waals surface area contributed by atoms with E-state index in [1.807, 2.05) is 18.2 Å². The highest BCUT2D eigenvalue weighted by atomic mass is 32.1. The Kier molecular flexibility index (Phi) is 2.29. The number of anilines is 1. The van der Waals surface area contributed by atoms with E-state index in [9.17, 15) is 9.59 Å². The predicted octanol–water partition coefficient (Wildman–Crippen LogP) is 0.759. The van der Waals surface area contributed by atoms with Gasteiger partial charge in [0.15, 0.2) is 0 Å². The molecule has 1 N–H and O–H groups in total. The van der Waals surface area contributed by atoms with E-state index in [-0.39, 0.29) is 24.9 Å². The maximum Gasteiger partial charge on any atom is 0.246 e. The van der Waals surface area contributed by atoms with Gasteiger partial charge in [-0.2, -0.15) is 0 Å². The molecule has 0 spiro atoms. The van der Waals surface area contributed by atoms with E-state index in [1.54, 1.807) is 5.51 Å². The average molecular weight is 247 g/mol. The van der Waals surface area contributed by atoms with Crippen LogP contribution in [0.5, 0.6) is 0 Å². The third kappa shape index (κ3) is 1.76. The highest BCUT2D eigenvalue weighted by molar-refractivity contribution is 7.16. The second kappa shape index (κ2) is 3.81. The van der Waals surface area contributed by atoms with E-state index in [0.29, 0.717) is 0 Å². The maximum absolute atomic E-state index is 11.7. The van der Waals surface area contributed by atoms with Crippen molar-refractivity contribution in [1.29, 1.82) is 0 Å². The summed E-state index contributed by atoms with van der Waals surface area (Å²) in [7, 11) is 0. The average Bonchev–Trinajstić information content (AvgIpc) is 2.79. The van der Waals surface area contributed by atoms with Crippen LogP contribution in [0, 0.1) is 0 Å². The van der Waals surface area contributed by atoms with E-state index in [4.69, 9.17) is 0 Å². The number of benzene rings is 1. The highest BCUT2D eigenvalue weighted by Crippen LogP contribution is 2.24. The van der Waals surface area contributed by atoms with E-state index in [0.717, 1.165) is 15.9 Å². The molecule has 2 heterocycles. The number of rotatable bonds is 1. The Hall–Kier alpha value is -1.95. The minimum atomic E-state index is -0.131. The van der Waals surface area contributed by atoms with Crippen LogP contribution in [0.1, 0.15) is 0 Å². The van der Waals surface area contributed by atoms with Gasteiger partial charge in [-0.15, -0.1) is 11.3 Å². The van der Waals surface area contributed by atoms with Gasteiger partial charge < -0.3 is 10.2 Å². The van der Waals surface area contributed by atoms with Crippen LogP contribution in [0.3, 0.4) is 0 Å². The number of amides is 2. The number of aromatic nitrogens is 1. The number of carbonyl (C=O) groups is 2. The lowest BCUT2D eigenvalue weighted by molar-refractivity contribution is -0.128. The molecule has 86 valence electrons. The Bertz CT molecular complexity index is 608. The number of nitrogens with one attached hydrogen (secondary N) is 1. The van der Waals surface area contributed by atoms with E-state index in [1.165, 1.54) is 16.2 Å². The molecule has 2 aromatic rings. The van der Waals surface area contributed by atoms with Crippen molar-refractivity contribution in [2.75, 3.05) is 18.0 Å². The number of piperazine rings is 1. The number of fused-ring (bicyclic) bond motifs is 1. The monoisotopic (exact) mass is 247 g/mol. The second-order valence-corrected chi connectivity index (χ2v) is 4.65. The molecule has 17 heavy (non-hydrogen) atoms. The van der Waals surface area contributed by atoms with Crippen molar-refractivity contribution in [2.45, 2.75) is 0 Å². The van der Waals surface area contributed by atoms with Gasteiger partial charge in [0, 0.05) is 5.69 Å². The van der Waals surface area contributed by atoms with Crippen molar-refractivity contribution in [3.8, 4) is 0 Å². The molecule has 1 aromatic carbocycles. The number of thiazole rings is 1. The van der Waals surface area contributed by atoms with Gasteiger partial charge in [0.25, 0.3) is 0 Å². The lowest BCUT2D eigenvalue weighted by atomic mass is 10.2. The molecule has 2 amide bonds. The van der Waals surface area contributed by atoms with E-state index in [2.05, 4.69) is 10.3 Å². The summed E-state index contributed by atoms with van der Waals surface area (Å²) in [5, 5.41) is 2.52. The van der Waals surface area contributed by atoms with Crippen LogP contribution >= 0.6 is 11.3 Å². The largest absolute Gasteiger partial charge is 0.345 e. The Morgan fingerprint density at radius 2 is 2.24 bits per heavy atom. The van der Waals surface area contributed by atoms with Crippen molar-refractivity contribution >= 4 is 39.1 Å². The van der Waals surface area contributed by atoms with Crippen LogP contribution in [0.15, 0.2) is 23.7 Å². The summed E-state index contributed by atoms with van der Waals surface area (Å²) in [4.78, 5) is 28.7. The molecule has 1 saturated heterocycles. The molecule has 1 aliphatic rings. The molecule has 5 nitrogen and oxygen atoms in total. The van der Waals surface area contributed by atoms with Crippen LogP contribution < -0.4 is 10.2 Å². The molecule has 0 atom stereocenters. The van der Waals surface area contributed by atoms with Crippen LogP contribution in [0.4, 0.5) is 5.69 Å². The normalized spacial score (nSPS) is 16.4. The lowest BCUT2D eigenvalue weighted by Crippen LogP contribution is -2.51. The van der Waals surface area contributed by atoms with Crippen LogP contribution in [-0.4, -0.2) is 29.9 Å². The first-order valence-electron chi connectivity index (χ1n) is 5.14. The zero-order valence-electron chi connectivity index (χ0n) is 8.84. The molecule has 3 rings (SSSR count). The number of carbonyl (C=O) groups excluding carboxylic acids is 2. The van der Waals surface area contributed by atoms with Gasteiger partial charge in [-0.05, 0) is 18.2 Å². The van der Waals surface area contributed by atoms with Gasteiger partial charge in [0.1, 0.15) is 6.54 Å². The third-order valence-corrected chi connectivity index (χ3v) is 3.46. The summed E-state index contributed by atoms with van der Waals surface area (Å²) in [6, 6.07) is 5.57. The smallest absolute Gasteiger partial charge is 0.246 e.